The Hall–Kier alpha value is 2.04. The second-order valence-corrected chi connectivity index (χ2v) is 3.46. The van der Waals surface area contributed by atoms with Crippen molar-refractivity contribution in [3.63, 3.8) is 0 Å². The smallest absolute Gasteiger partial charge is 0.436 e. The number of hydrogen-bond acceptors (Lipinski definition) is 8. The van der Waals surface area contributed by atoms with Crippen molar-refractivity contribution in [2.45, 2.75) is 0 Å². The first-order valence-corrected chi connectivity index (χ1v) is 5.66. The zero-order chi connectivity index (χ0) is 10.8. The summed E-state index contributed by atoms with van der Waals surface area (Å²) in [5.74, 6) is 0. The first kappa shape index (κ1) is 29.4. The quantitative estimate of drug-likeness (QED) is 0.321. The topological polar surface area (TPSA) is 0 Å². The van der Waals surface area contributed by atoms with E-state index in [4.69, 9.17) is 0 Å². The van der Waals surface area contributed by atoms with Gasteiger partial charge in [-0.05, 0) is 0 Å². The van der Waals surface area contributed by atoms with E-state index < -0.39 is 0 Å². The van der Waals surface area contributed by atoms with Gasteiger partial charge in [0.25, 0.3) is 0 Å². The van der Waals surface area contributed by atoms with Crippen molar-refractivity contribution < 1.29 is 0 Å². The third-order valence-corrected chi connectivity index (χ3v) is 0. The Balaban J connectivity index is -0.0000000213. The minimum absolute atomic E-state index is 0. The van der Waals surface area contributed by atoms with Gasteiger partial charge in [0.1, 0.15) is 0 Å². The maximum atomic E-state index is 4.08. The average Bonchev–Trinajstić information content (AvgIpc) is 1.92. The summed E-state index contributed by atoms with van der Waals surface area (Å²) in [4.78, 5) is 0. The SMILES string of the molecule is S=C[S-].S=C[S-].S=C[S-].S=C[S-].[Sn+4]. The molecule has 72 valence electrons. The Morgan fingerprint density at radius 2 is 0.538 bits per heavy atom. The maximum Gasteiger partial charge on any atom is 4.00 e. The second-order valence-electron chi connectivity index (χ2n) is 0.385. The van der Waals surface area contributed by atoms with E-state index in [0.717, 1.165) is 0 Å². The molecule has 9 heteroatoms. The van der Waals surface area contributed by atoms with Crippen molar-refractivity contribution in [2.24, 2.45) is 0 Å². The molecule has 0 rings (SSSR count). The van der Waals surface area contributed by atoms with E-state index in [2.05, 4.69) is 99.4 Å². The van der Waals surface area contributed by atoms with Crippen LogP contribution in [0.3, 0.4) is 0 Å². The molecule has 0 aliphatic heterocycles. The van der Waals surface area contributed by atoms with Crippen LogP contribution < -0.4 is 0 Å². The molecular formula is C4H4S8Sn. The Morgan fingerprint density at radius 1 is 0.538 bits per heavy atom. The Bertz CT molecular complexity index is 70.1. The fourth-order valence-electron chi connectivity index (χ4n) is 0. The molecule has 0 nitrogen and oxygen atoms in total. The van der Waals surface area contributed by atoms with Gasteiger partial charge in [0.2, 0.25) is 0 Å². The Kier molecular flexibility index (Phi) is 148. The molecule has 13 heavy (non-hydrogen) atoms. The predicted molar refractivity (Wildman–Crippen MR) is 89.8 cm³/mol. The van der Waals surface area contributed by atoms with Crippen LogP contribution in [0.5, 0.6) is 0 Å². The molecule has 0 saturated heterocycles. The molecule has 0 fully saturated rings. The minimum Gasteiger partial charge on any atom is -0.436 e. The number of hydrogen-bond donors (Lipinski definition) is 0. The molecule has 0 bridgehead atoms. The molecule has 0 spiro atoms. The van der Waals surface area contributed by atoms with E-state index in [-0.39, 0.29) is 23.9 Å². The van der Waals surface area contributed by atoms with Gasteiger partial charge in [-0.1, -0.05) is 0 Å². The van der Waals surface area contributed by atoms with Gasteiger partial charge in [0, 0.05) is 0 Å². The van der Waals surface area contributed by atoms with Crippen LogP contribution in [0.1, 0.15) is 0 Å². The van der Waals surface area contributed by atoms with Gasteiger partial charge in [-0.2, -0.15) is 18.8 Å². The standard InChI is InChI=1S/4CH2S2.Sn/c4*2-1-3;/h4*1H,(H,2,3);/q;;;;+4/p-4. The second kappa shape index (κ2) is 65.4. The van der Waals surface area contributed by atoms with Gasteiger partial charge in [0.05, 0.1) is 0 Å². The van der Waals surface area contributed by atoms with Gasteiger partial charge < -0.3 is 99.4 Å². The molecule has 0 heterocycles. The molecule has 0 radical (unpaired) electrons. The zero-order valence-electron chi connectivity index (χ0n) is 6.08. The predicted octanol–water partition coefficient (Wildman–Crippen LogP) is 1.58. The van der Waals surface area contributed by atoms with Crippen LogP contribution in [-0.2, 0) is 50.5 Å². The van der Waals surface area contributed by atoms with Crippen LogP contribution >= 0.6 is 48.9 Å². The number of rotatable bonds is 0. The fourth-order valence-corrected chi connectivity index (χ4v) is 0. The normalized spacial score (nSPS) is 3.69. The van der Waals surface area contributed by atoms with Crippen molar-refractivity contribution in [2.75, 3.05) is 0 Å². The van der Waals surface area contributed by atoms with E-state index in [1.807, 2.05) is 0 Å². The molecular weight excluding hydrogens is 423 g/mol. The van der Waals surface area contributed by atoms with Gasteiger partial charge >= 0.3 is 23.9 Å². The van der Waals surface area contributed by atoms with Crippen molar-refractivity contribution >= 4 is 142 Å². The fraction of sp³-hybridized carbons (Fsp3) is 0. The summed E-state index contributed by atoms with van der Waals surface area (Å²) in [6, 6.07) is 0. The molecule has 0 aliphatic rings. The summed E-state index contributed by atoms with van der Waals surface area (Å²) in [5, 5.41) is 0. The summed E-state index contributed by atoms with van der Waals surface area (Å²) in [6.45, 7) is 0. The van der Waals surface area contributed by atoms with Crippen LogP contribution in [0, 0.1) is 0 Å². The van der Waals surface area contributed by atoms with Crippen LogP contribution in [0.25, 0.3) is 0 Å². The molecule has 0 saturated carbocycles. The van der Waals surface area contributed by atoms with Gasteiger partial charge in [0.15, 0.2) is 0 Å². The summed E-state index contributed by atoms with van der Waals surface area (Å²) < 4.78 is 4.67. The van der Waals surface area contributed by atoms with E-state index in [0.29, 0.717) is 0 Å². The molecule has 0 aromatic rings. The van der Waals surface area contributed by atoms with E-state index >= 15 is 0 Å². The van der Waals surface area contributed by atoms with Crippen LogP contribution in [0.2, 0.25) is 0 Å². The van der Waals surface area contributed by atoms with Crippen molar-refractivity contribution in [3.05, 3.63) is 0 Å². The summed E-state index contributed by atoms with van der Waals surface area (Å²) in [6.07, 6.45) is 0. The van der Waals surface area contributed by atoms with E-state index in [1.54, 1.807) is 0 Å². The van der Waals surface area contributed by atoms with Gasteiger partial charge in [-0.3, -0.25) is 0 Å². The molecule has 0 unspecified atom stereocenters. The average molecular weight is 427 g/mol. The van der Waals surface area contributed by atoms with Crippen LogP contribution in [0.15, 0.2) is 0 Å². The summed E-state index contributed by atoms with van der Waals surface area (Å²) in [5.41, 5.74) is 0. The first-order chi connectivity index (χ1) is 5.66. The number of thiocarbonyl (C=S) groups is 4. The zero-order valence-corrected chi connectivity index (χ0v) is 15.5. The molecule has 0 aromatic carbocycles. The first-order valence-electron chi connectivity index (χ1n) is 1.89. The Labute approximate surface area is 140 Å². The summed E-state index contributed by atoms with van der Waals surface area (Å²) in [7, 11) is 0. The van der Waals surface area contributed by atoms with Crippen molar-refractivity contribution in [3.8, 4) is 0 Å². The largest absolute Gasteiger partial charge is 4.00 e. The summed E-state index contributed by atoms with van der Waals surface area (Å²) >= 11 is 32.7. The van der Waals surface area contributed by atoms with Crippen LogP contribution in [0.4, 0.5) is 0 Å². The van der Waals surface area contributed by atoms with E-state index in [9.17, 15) is 0 Å². The molecule has 0 amide bonds. The van der Waals surface area contributed by atoms with Crippen LogP contribution in [-0.4, -0.2) is 42.7 Å². The minimum atomic E-state index is 0. The molecule has 0 atom stereocenters. The van der Waals surface area contributed by atoms with Gasteiger partial charge in [-0.25, -0.2) is 0 Å². The molecule has 0 N–H and O–H groups in total. The Morgan fingerprint density at radius 3 is 0.538 bits per heavy atom. The molecule has 0 aromatic heterocycles. The van der Waals surface area contributed by atoms with Crippen molar-refractivity contribution in [1.82, 2.24) is 0 Å². The monoisotopic (exact) mass is 428 g/mol. The maximum absolute atomic E-state index is 4.08. The molecule has 0 aliphatic carbocycles. The van der Waals surface area contributed by atoms with Crippen molar-refractivity contribution in [1.29, 1.82) is 0 Å². The third-order valence-electron chi connectivity index (χ3n) is 0. The van der Waals surface area contributed by atoms with Gasteiger partial charge in [-0.15, -0.1) is 0 Å². The van der Waals surface area contributed by atoms with E-state index in [1.165, 1.54) is 18.8 Å². The third kappa shape index (κ3) is 490.